The highest BCUT2D eigenvalue weighted by Gasteiger charge is 2.20. The number of hydrogen-bond acceptors (Lipinski definition) is 3. The van der Waals surface area contributed by atoms with E-state index in [1.807, 2.05) is 36.9 Å². The van der Waals surface area contributed by atoms with Crippen molar-refractivity contribution < 1.29 is 4.79 Å². The average Bonchev–Trinajstić information content (AvgIpc) is 2.52. The summed E-state index contributed by atoms with van der Waals surface area (Å²) in [6.45, 7) is 9.75. The first-order valence-electron chi connectivity index (χ1n) is 8.48. The van der Waals surface area contributed by atoms with Gasteiger partial charge in [-0.1, -0.05) is 12.5 Å². The topological polar surface area (TPSA) is 49.6 Å². The fourth-order valence-corrected chi connectivity index (χ4v) is 3.18. The summed E-state index contributed by atoms with van der Waals surface area (Å²) < 4.78 is 0. The third-order valence-corrected chi connectivity index (χ3v) is 4.76. The van der Waals surface area contributed by atoms with Gasteiger partial charge in [-0.3, -0.25) is 9.69 Å². The lowest BCUT2D eigenvalue weighted by Crippen LogP contribution is -2.37. The Morgan fingerprint density at radius 3 is 2.64 bits per heavy atom. The molecule has 1 aliphatic rings. The van der Waals surface area contributed by atoms with Gasteiger partial charge in [0.25, 0.3) is 5.91 Å². The molecule has 1 aliphatic heterocycles. The van der Waals surface area contributed by atoms with Gasteiger partial charge < -0.3 is 10.6 Å². The number of benzene rings is 1. The second-order valence-corrected chi connectivity index (χ2v) is 6.21. The van der Waals surface area contributed by atoms with Crippen LogP contribution in [0.4, 0.5) is 5.69 Å². The second kappa shape index (κ2) is 7.63. The van der Waals surface area contributed by atoms with Crippen molar-refractivity contribution in [3.8, 4) is 0 Å². The molecular formula is C18H29N3O. The molecule has 2 rings (SSSR count). The maximum absolute atomic E-state index is 12.4. The molecule has 1 unspecified atom stereocenters. The zero-order chi connectivity index (χ0) is 16.1. The molecule has 0 spiro atoms. The van der Waals surface area contributed by atoms with Gasteiger partial charge in [0.2, 0.25) is 0 Å². The van der Waals surface area contributed by atoms with Gasteiger partial charge in [-0.05, 0) is 57.9 Å². The fourth-order valence-electron chi connectivity index (χ4n) is 3.18. The van der Waals surface area contributed by atoms with Gasteiger partial charge in [-0.2, -0.15) is 0 Å². The molecule has 1 fully saturated rings. The van der Waals surface area contributed by atoms with Crippen LogP contribution in [0.5, 0.6) is 0 Å². The third kappa shape index (κ3) is 3.80. The molecule has 1 aromatic rings. The average molecular weight is 303 g/mol. The van der Waals surface area contributed by atoms with Crippen LogP contribution in [0.1, 0.15) is 56.0 Å². The highest BCUT2D eigenvalue weighted by molar-refractivity contribution is 5.95. The van der Waals surface area contributed by atoms with Gasteiger partial charge in [-0.15, -0.1) is 0 Å². The summed E-state index contributed by atoms with van der Waals surface area (Å²) in [6, 6.07) is 6.39. The van der Waals surface area contributed by atoms with Crippen LogP contribution in [0.25, 0.3) is 0 Å². The van der Waals surface area contributed by atoms with Crippen molar-refractivity contribution in [2.24, 2.45) is 0 Å². The number of carbonyl (C=O) groups excluding carboxylic acids is 1. The van der Waals surface area contributed by atoms with Crippen molar-refractivity contribution in [2.45, 2.75) is 52.6 Å². The van der Waals surface area contributed by atoms with Crippen LogP contribution in [0.15, 0.2) is 18.2 Å². The number of amides is 1. The number of anilines is 1. The monoisotopic (exact) mass is 303 g/mol. The summed E-state index contributed by atoms with van der Waals surface area (Å²) in [5, 5.41) is 0. The minimum absolute atomic E-state index is 0.0644. The fraction of sp³-hybridized carbons (Fsp3) is 0.611. The number of nitrogen functional groups attached to an aromatic ring is 1. The van der Waals surface area contributed by atoms with E-state index in [9.17, 15) is 4.79 Å². The quantitative estimate of drug-likeness (QED) is 0.850. The summed E-state index contributed by atoms with van der Waals surface area (Å²) in [4.78, 5) is 16.7. The summed E-state index contributed by atoms with van der Waals surface area (Å²) in [5.41, 5.74) is 8.76. The van der Waals surface area contributed by atoms with Crippen molar-refractivity contribution >= 4 is 11.6 Å². The van der Waals surface area contributed by atoms with E-state index in [0.29, 0.717) is 11.6 Å². The molecule has 122 valence electrons. The third-order valence-electron chi connectivity index (χ3n) is 4.76. The minimum Gasteiger partial charge on any atom is -0.398 e. The predicted octanol–water partition coefficient (Wildman–Crippen LogP) is 3.13. The largest absolute Gasteiger partial charge is 0.398 e. The summed E-state index contributed by atoms with van der Waals surface area (Å²) in [5.74, 6) is 0.0644. The van der Waals surface area contributed by atoms with Crippen LogP contribution < -0.4 is 5.73 Å². The first-order chi connectivity index (χ1) is 10.6. The lowest BCUT2D eigenvalue weighted by molar-refractivity contribution is 0.0773. The molecule has 1 saturated heterocycles. The SMILES string of the molecule is CCN(CC)C(=O)c1ccc(CN2CCCCC2C)c(N)c1. The number of carbonyl (C=O) groups is 1. The molecule has 1 atom stereocenters. The molecule has 2 N–H and O–H groups in total. The molecule has 0 aliphatic carbocycles. The Kier molecular flexibility index (Phi) is 5.83. The Bertz CT molecular complexity index is 511. The first kappa shape index (κ1) is 16.8. The minimum atomic E-state index is 0.0644. The normalized spacial score (nSPS) is 19.1. The lowest BCUT2D eigenvalue weighted by Gasteiger charge is -2.33. The first-order valence-corrected chi connectivity index (χ1v) is 8.48. The Morgan fingerprint density at radius 2 is 2.05 bits per heavy atom. The predicted molar refractivity (Wildman–Crippen MR) is 91.8 cm³/mol. The van der Waals surface area contributed by atoms with E-state index in [0.717, 1.165) is 37.4 Å². The van der Waals surface area contributed by atoms with Gasteiger partial charge in [0, 0.05) is 36.9 Å². The van der Waals surface area contributed by atoms with Gasteiger partial charge in [0.1, 0.15) is 0 Å². The molecule has 0 saturated carbocycles. The van der Waals surface area contributed by atoms with Crippen LogP contribution in [0, 0.1) is 0 Å². The van der Waals surface area contributed by atoms with Crippen molar-refractivity contribution in [1.29, 1.82) is 0 Å². The van der Waals surface area contributed by atoms with E-state index in [1.54, 1.807) is 0 Å². The molecule has 1 heterocycles. The van der Waals surface area contributed by atoms with Crippen molar-refractivity contribution in [2.75, 3.05) is 25.4 Å². The molecule has 4 heteroatoms. The molecule has 22 heavy (non-hydrogen) atoms. The second-order valence-electron chi connectivity index (χ2n) is 6.21. The summed E-state index contributed by atoms with van der Waals surface area (Å²) in [6.07, 6.45) is 3.85. The molecule has 0 aromatic heterocycles. The zero-order valence-electron chi connectivity index (χ0n) is 14.1. The van der Waals surface area contributed by atoms with Gasteiger partial charge in [0.15, 0.2) is 0 Å². The highest BCUT2D eigenvalue weighted by atomic mass is 16.2. The maximum Gasteiger partial charge on any atom is 0.253 e. The Hall–Kier alpha value is -1.55. The number of rotatable bonds is 5. The Balaban J connectivity index is 2.10. The Labute approximate surface area is 134 Å². The lowest BCUT2D eigenvalue weighted by atomic mass is 10.0. The Morgan fingerprint density at radius 1 is 1.32 bits per heavy atom. The van der Waals surface area contributed by atoms with E-state index in [4.69, 9.17) is 5.73 Å². The molecule has 0 radical (unpaired) electrons. The smallest absolute Gasteiger partial charge is 0.253 e. The molecule has 0 bridgehead atoms. The summed E-state index contributed by atoms with van der Waals surface area (Å²) >= 11 is 0. The van der Waals surface area contributed by atoms with E-state index >= 15 is 0 Å². The number of nitrogens with zero attached hydrogens (tertiary/aromatic N) is 2. The number of piperidine rings is 1. The van der Waals surface area contributed by atoms with Gasteiger partial charge in [0.05, 0.1) is 0 Å². The maximum atomic E-state index is 12.4. The van der Waals surface area contributed by atoms with Gasteiger partial charge >= 0.3 is 0 Å². The van der Waals surface area contributed by atoms with Crippen molar-refractivity contribution in [3.63, 3.8) is 0 Å². The van der Waals surface area contributed by atoms with Crippen molar-refractivity contribution in [3.05, 3.63) is 29.3 Å². The zero-order valence-corrected chi connectivity index (χ0v) is 14.1. The number of likely N-dealkylation sites (tertiary alicyclic amines) is 1. The van der Waals surface area contributed by atoms with Crippen LogP contribution >= 0.6 is 0 Å². The van der Waals surface area contributed by atoms with E-state index < -0.39 is 0 Å². The number of hydrogen-bond donors (Lipinski definition) is 1. The molecule has 4 nitrogen and oxygen atoms in total. The molecule has 1 aromatic carbocycles. The molecular weight excluding hydrogens is 274 g/mol. The van der Waals surface area contributed by atoms with E-state index in [1.165, 1.54) is 19.3 Å². The van der Waals surface area contributed by atoms with Crippen LogP contribution in [0.3, 0.4) is 0 Å². The van der Waals surface area contributed by atoms with Crippen LogP contribution in [-0.2, 0) is 6.54 Å². The van der Waals surface area contributed by atoms with Gasteiger partial charge in [-0.25, -0.2) is 0 Å². The highest BCUT2D eigenvalue weighted by Crippen LogP contribution is 2.23. The van der Waals surface area contributed by atoms with E-state index in [2.05, 4.69) is 11.8 Å². The van der Waals surface area contributed by atoms with Crippen LogP contribution in [-0.4, -0.2) is 41.4 Å². The number of nitrogens with two attached hydrogens (primary N) is 1. The standard InChI is InChI=1S/C18H29N3O/c1-4-20(5-2)18(22)15-9-10-16(17(19)12-15)13-21-11-7-6-8-14(21)3/h9-10,12,14H,4-8,11,13,19H2,1-3H3. The van der Waals surface area contributed by atoms with Crippen LogP contribution in [0.2, 0.25) is 0 Å². The molecule has 1 amide bonds. The van der Waals surface area contributed by atoms with E-state index in [-0.39, 0.29) is 5.91 Å². The summed E-state index contributed by atoms with van der Waals surface area (Å²) in [7, 11) is 0. The van der Waals surface area contributed by atoms with Crippen molar-refractivity contribution in [1.82, 2.24) is 9.80 Å².